The van der Waals surface area contributed by atoms with Crippen molar-refractivity contribution in [3.8, 4) is 16.6 Å². The van der Waals surface area contributed by atoms with Gasteiger partial charge in [-0.3, -0.25) is 4.79 Å². The maximum absolute atomic E-state index is 13.1. The molecule has 1 amide bonds. The van der Waals surface area contributed by atoms with Gasteiger partial charge < -0.3 is 19.5 Å². The molecule has 2 atom stereocenters. The third kappa shape index (κ3) is 2.71. The molecule has 0 spiro atoms. The number of hydrogen-bond acceptors (Lipinski definition) is 8. The van der Waals surface area contributed by atoms with Gasteiger partial charge in [-0.05, 0) is 37.5 Å². The summed E-state index contributed by atoms with van der Waals surface area (Å²) in [5.41, 5.74) is 0.912. The third-order valence-electron chi connectivity index (χ3n) is 5.10. The van der Waals surface area contributed by atoms with E-state index in [1.807, 2.05) is 47.6 Å². The summed E-state index contributed by atoms with van der Waals surface area (Å²) < 4.78 is 12.2. The number of carbonyl (C=O) groups is 1. The first-order valence-electron chi connectivity index (χ1n) is 9.15. The molecule has 0 fully saturated rings. The van der Waals surface area contributed by atoms with Gasteiger partial charge in [0.05, 0.1) is 18.3 Å². The van der Waals surface area contributed by atoms with Crippen LogP contribution in [0, 0.1) is 6.92 Å². The Bertz CT molecular complexity index is 1050. The van der Waals surface area contributed by atoms with Crippen molar-refractivity contribution in [2.75, 3.05) is 18.4 Å². The standard InChI is InChI=1S/C18H19N7O2S/c1-10-15-21-22-16(17-20-11(2)23-28-17)25(15)8-7-24(10)18(26)14-9-19-12-5-3-4-6-13(12)27-14/h3-6,10,14,19H,7-9H2,1-2H3/t10-,14?/m1/s1. The van der Waals surface area contributed by atoms with E-state index in [-0.39, 0.29) is 11.9 Å². The van der Waals surface area contributed by atoms with Gasteiger partial charge in [-0.15, -0.1) is 10.2 Å². The van der Waals surface area contributed by atoms with Crippen molar-refractivity contribution in [2.24, 2.45) is 0 Å². The maximum Gasteiger partial charge on any atom is 0.266 e. The third-order valence-corrected chi connectivity index (χ3v) is 5.90. The Hall–Kier alpha value is -3.01. The van der Waals surface area contributed by atoms with Crippen LogP contribution in [0.5, 0.6) is 5.75 Å². The zero-order chi connectivity index (χ0) is 19.3. The first kappa shape index (κ1) is 17.1. The molecular weight excluding hydrogens is 378 g/mol. The summed E-state index contributed by atoms with van der Waals surface area (Å²) >= 11 is 1.31. The minimum absolute atomic E-state index is 0.0444. The average molecular weight is 397 g/mol. The predicted octanol–water partition coefficient (Wildman–Crippen LogP) is 1.88. The molecule has 0 saturated carbocycles. The number of hydrogen-bond donors (Lipinski definition) is 1. The highest BCUT2D eigenvalue weighted by molar-refractivity contribution is 7.09. The van der Waals surface area contributed by atoms with E-state index < -0.39 is 6.10 Å². The predicted molar refractivity (Wildman–Crippen MR) is 103 cm³/mol. The molecule has 1 aromatic carbocycles. The summed E-state index contributed by atoms with van der Waals surface area (Å²) in [6.45, 7) is 5.45. The lowest BCUT2D eigenvalue weighted by Crippen LogP contribution is -2.50. The zero-order valence-electron chi connectivity index (χ0n) is 15.5. The number of nitrogens with one attached hydrogen (secondary N) is 1. The van der Waals surface area contributed by atoms with Gasteiger partial charge in [0.15, 0.2) is 22.8 Å². The van der Waals surface area contributed by atoms with Crippen LogP contribution in [0.2, 0.25) is 0 Å². The van der Waals surface area contributed by atoms with E-state index in [2.05, 4.69) is 24.9 Å². The highest BCUT2D eigenvalue weighted by Gasteiger charge is 2.37. The van der Waals surface area contributed by atoms with E-state index in [1.54, 1.807) is 0 Å². The fourth-order valence-corrected chi connectivity index (χ4v) is 4.33. The number of carbonyl (C=O) groups excluding carboxylic acids is 1. The number of para-hydroxylation sites is 2. The van der Waals surface area contributed by atoms with Gasteiger partial charge in [-0.25, -0.2) is 4.98 Å². The Morgan fingerprint density at radius 3 is 2.96 bits per heavy atom. The maximum atomic E-state index is 13.1. The monoisotopic (exact) mass is 397 g/mol. The Kier molecular flexibility index (Phi) is 4.00. The number of nitrogens with zero attached hydrogens (tertiary/aromatic N) is 6. The van der Waals surface area contributed by atoms with E-state index in [9.17, 15) is 4.79 Å². The second-order valence-corrected chi connectivity index (χ2v) is 7.62. The minimum Gasteiger partial charge on any atom is -0.477 e. The molecule has 2 aromatic heterocycles. The van der Waals surface area contributed by atoms with Crippen LogP contribution in [-0.2, 0) is 11.3 Å². The lowest BCUT2D eigenvalue weighted by Gasteiger charge is -2.37. The van der Waals surface area contributed by atoms with Crippen LogP contribution in [0.3, 0.4) is 0 Å². The van der Waals surface area contributed by atoms with Crippen LogP contribution in [0.15, 0.2) is 24.3 Å². The number of amides is 1. The second-order valence-electron chi connectivity index (χ2n) is 6.87. The molecule has 0 radical (unpaired) electrons. The quantitative estimate of drug-likeness (QED) is 0.705. The molecule has 144 valence electrons. The van der Waals surface area contributed by atoms with Crippen LogP contribution < -0.4 is 10.1 Å². The number of fused-ring (bicyclic) bond motifs is 2. The van der Waals surface area contributed by atoms with E-state index in [4.69, 9.17) is 4.74 Å². The molecule has 9 nitrogen and oxygen atoms in total. The van der Waals surface area contributed by atoms with E-state index >= 15 is 0 Å². The molecule has 0 aliphatic carbocycles. The van der Waals surface area contributed by atoms with Crippen molar-refractivity contribution in [1.29, 1.82) is 0 Å². The molecule has 28 heavy (non-hydrogen) atoms. The largest absolute Gasteiger partial charge is 0.477 e. The van der Waals surface area contributed by atoms with Crippen molar-refractivity contribution >= 4 is 23.1 Å². The number of anilines is 1. The Balaban J connectivity index is 1.37. The molecule has 1 N–H and O–H groups in total. The molecule has 0 saturated heterocycles. The van der Waals surface area contributed by atoms with Crippen molar-refractivity contribution in [3.63, 3.8) is 0 Å². The first-order valence-corrected chi connectivity index (χ1v) is 9.93. The van der Waals surface area contributed by atoms with Crippen molar-refractivity contribution in [2.45, 2.75) is 32.5 Å². The summed E-state index contributed by atoms with van der Waals surface area (Å²) in [5, 5.41) is 12.7. The molecule has 2 aliphatic heterocycles. The van der Waals surface area contributed by atoms with Crippen LogP contribution in [0.25, 0.3) is 10.8 Å². The van der Waals surface area contributed by atoms with Crippen molar-refractivity contribution in [1.82, 2.24) is 29.0 Å². The minimum atomic E-state index is -0.558. The highest BCUT2D eigenvalue weighted by atomic mass is 32.1. The fraction of sp³-hybridized carbons (Fsp3) is 0.389. The molecule has 5 rings (SSSR count). The summed E-state index contributed by atoms with van der Waals surface area (Å²) in [6, 6.07) is 7.45. The lowest BCUT2D eigenvalue weighted by atomic mass is 10.1. The van der Waals surface area contributed by atoms with Crippen LogP contribution in [-0.4, -0.2) is 54.1 Å². The van der Waals surface area contributed by atoms with Gasteiger partial charge in [0.25, 0.3) is 5.91 Å². The number of aryl methyl sites for hydroxylation is 1. The van der Waals surface area contributed by atoms with E-state index in [1.165, 1.54) is 11.5 Å². The summed E-state index contributed by atoms with van der Waals surface area (Å²) in [6.07, 6.45) is -0.558. The number of ether oxygens (including phenoxy) is 1. The topological polar surface area (TPSA) is 98.1 Å². The molecule has 2 aliphatic rings. The van der Waals surface area contributed by atoms with Gasteiger partial charge in [-0.2, -0.15) is 4.37 Å². The highest BCUT2D eigenvalue weighted by Crippen LogP contribution is 2.32. The Labute approximate surface area is 165 Å². The molecule has 1 unspecified atom stereocenters. The molecule has 4 heterocycles. The van der Waals surface area contributed by atoms with Gasteiger partial charge in [0.2, 0.25) is 0 Å². The zero-order valence-corrected chi connectivity index (χ0v) is 16.3. The number of aromatic nitrogens is 5. The normalized spacial score (nSPS) is 20.7. The lowest BCUT2D eigenvalue weighted by molar-refractivity contribution is -0.141. The molecule has 3 aromatic rings. The van der Waals surface area contributed by atoms with Crippen molar-refractivity contribution in [3.05, 3.63) is 35.9 Å². The van der Waals surface area contributed by atoms with Gasteiger partial charge in [0.1, 0.15) is 11.6 Å². The van der Waals surface area contributed by atoms with Gasteiger partial charge in [0, 0.05) is 13.1 Å². The summed E-state index contributed by atoms with van der Waals surface area (Å²) in [7, 11) is 0. The van der Waals surface area contributed by atoms with Gasteiger partial charge in [-0.1, -0.05) is 12.1 Å². The van der Waals surface area contributed by atoms with Crippen LogP contribution in [0.1, 0.15) is 24.6 Å². The van der Waals surface area contributed by atoms with Crippen LogP contribution in [0.4, 0.5) is 5.69 Å². The molecule has 0 bridgehead atoms. The van der Waals surface area contributed by atoms with Gasteiger partial charge >= 0.3 is 0 Å². The van der Waals surface area contributed by atoms with Crippen LogP contribution >= 0.6 is 11.5 Å². The van der Waals surface area contributed by atoms with Crippen molar-refractivity contribution < 1.29 is 9.53 Å². The molecule has 10 heteroatoms. The second kappa shape index (κ2) is 6.55. The fourth-order valence-electron chi connectivity index (χ4n) is 3.67. The molecular formula is C18H19N7O2S. The first-order chi connectivity index (χ1) is 13.6. The summed E-state index contributed by atoms with van der Waals surface area (Å²) in [4.78, 5) is 19.4. The smallest absolute Gasteiger partial charge is 0.266 e. The number of rotatable bonds is 2. The number of benzene rings is 1. The Morgan fingerprint density at radius 1 is 1.29 bits per heavy atom. The van der Waals surface area contributed by atoms with E-state index in [0.29, 0.717) is 31.2 Å². The van der Waals surface area contributed by atoms with E-state index in [0.717, 1.165) is 22.3 Å². The summed E-state index contributed by atoms with van der Waals surface area (Å²) in [5.74, 6) is 2.85. The average Bonchev–Trinajstić information content (AvgIpc) is 3.34. The Morgan fingerprint density at radius 2 is 2.14 bits per heavy atom. The SMILES string of the molecule is Cc1nsc(-c2nnc3n2CCN(C(=O)C2CNc4ccccc4O2)[C@@H]3C)n1.